The Bertz CT molecular complexity index is 899. The molecule has 4 rings (SSSR count). The van der Waals surface area contributed by atoms with Crippen molar-refractivity contribution in [1.82, 2.24) is 10.2 Å². The summed E-state index contributed by atoms with van der Waals surface area (Å²) in [6.45, 7) is 4.46. The first-order chi connectivity index (χ1) is 15.7. The van der Waals surface area contributed by atoms with Crippen LogP contribution in [-0.4, -0.2) is 49.1 Å². The number of benzene rings is 2. The lowest BCUT2D eigenvalue weighted by atomic mass is 10.1. The smallest absolute Gasteiger partial charge is 0.255 e. The van der Waals surface area contributed by atoms with Crippen LogP contribution in [-0.2, 0) is 11.3 Å². The summed E-state index contributed by atoms with van der Waals surface area (Å²) < 4.78 is 5.57. The van der Waals surface area contributed by atoms with Crippen LogP contribution in [0.25, 0.3) is 0 Å². The van der Waals surface area contributed by atoms with Gasteiger partial charge < -0.3 is 15.4 Å². The number of likely N-dealkylation sites (tertiary alicyclic amines) is 1. The van der Waals surface area contributed by atoms with Gasteiger partial charge in [0.05, 0.1) is 17.4 Å². The molecule has 2 fully saturated rings. The molecule has 0 bridgehead atoms. The molecule has 6 heteroatoms. The molecule has 2 aliphatic heterocycles. The van der Waals surface area contributed by atoms with Crippen LogP contribution in [0.4, 0.5) is 5.69 Å². The summed E-state index contributed by atoms with van der Waals surface area (Å²) in [7, 11) is 0. The molecule has 0 saturated carbocycles. The molecule has 2 aliphatic rings. The molecule has 0 radical (unpaired) electrons. The van der Waals surface area contributed by atoms with Crippen molar-refractivity contribution in [3.63, 3.8) is 0 Å². The maximum atomic E-state index is 12.8. The van der Waals surface area contributed by atoms with E-state index in [4.69, 9.17) is 4.74 Å². The molecule has 2 N–H and O–H groups in total. The van der Waals surface area contributed by atoms with Gasteiger partial charge in [-0.25, -0.2) is 0 Å². The quantitative estimate of drug-likeness (QED) is 0.683. The van der Waals surface area contributed by atoms with Crippen LogP contribution in [0.2, 0.25) is 0 Å². The van der Waals surface area contributed by atoms with Gasteiger partial charge in [0, 0.05) is 25.3 Å². The average molecular weight is 436 g/mol. The maximum absolute atomic E-state index is 12.8. The zero-order chi connectivity index (χ0) is 22.2. The van der Waals surface area contributed by atoms with E-state index in [2.05, 4.69) is 15.5 Å². The number of rotatable bonds is 7. The highest BCUT2D eigenvalue weighted by Gasteiger charge is 2.19. The Balaban J connectivity index is 1.35. The van der Waals surface area contributed by atoms with E-state index >= 15 is 0 Å². The van der Waals surface area contributed by atoms with Gasteiger partial charge in [-0.3, -0.25) is 14.5 Å². The lowest BCUT2D eigenvalue weighted by Crippen LogP contribution is -2.32. The maximum Gasteiger partial charge on any atom is 0.255 e. The van der Waals surface area contributed by atoms with E-state index in [-0.39, 0.29) is 17.9 Å². The van der Waals surface area contributed by atoms with E-state index in [1.54, 1.807) is 18.2 Å². The lowest BCUT2D eigenvalue weighted by Gasteiger charge is -2.19. The van der Waals surface area contributed by atoms with Crippen molar-refractivity contribution in [3.8, 4) is 0 Å². The fraction of sp³-hybridized carbons (Fsp3) is 0.462. The lowest BCUT2D eigenvalue weighted by molar-refractivity contribution is 0.0858. The molecule has 32 heavy (non-hydrogen) atoms. The Morgan fingerprint density at radius 1 is 0.906 bits per heavy atom. The minimum atomic E-state index is -0.217. The Morgan fingerprint density at radius 3 is 2.38 bits per heavy atom. The second-order valence-corrected chi connectivity index (χ2v) is 8.73. The predicted octanol–water partition coefficient (Wildman–Crippen LogP) is 4.22. The summed E-state index contributed by atoms with van der Waals surface area (Å²) in [6, 6.07) is 14.9. The number of nitrogens with zero attached hydrogens (tertiary/aromatic N) is 1. The van der Waals surface area contributed by atoms with Crippen LogP contribution in [0.15, 0.2) is 48.5 Å². The summed E-state index contributed by atoms with van der Waals surface area (Å²) >= 11 is 0. The minimum Gasteiger partial charge on any atom is -0.376 e. The highest BCUT2D eigenvalue weighted by Crippen LogP contribution is 2.18. The van der Waals surface area contributed by atoms with Crippen LogP contribution in [0.5, 0.6) is 0 Å². The van der Waals surface area contributed by atoms with Crippen molar-refractivity contribution in [2.24, 2.45) is 0 Å². The van der Waals surface area contributed by atoms with Gasteiger partial charge >= 0.3 is 0 Å². The molecule has 2 aromatic rings. The fourth-order valence-corrected chi connectivity index (χ4v) is 4.41. The molecule has 1 unspecified atom stereocenters. The number of para-hydroxylation sites is 1. The van der Waals surface area contributed by atoms with Gasteiger partial charge in [-0.05, 0) is 68.6 Å². The molecule has 2 heterocycles. The molecule has 2 aromatic carbocycles. The molecule has 170 valence electrons. The normalized spacial score (nSPS) is 19.3. The first-order valence-corrected chi connectivity index (χ1v) is 11.8. The second-order valence-electron chi connectivity index (χ2n) is 8.73. The Kier molecular flexibility index (Phi) is 7.91. The third-order valence-electron chi connectivity index (χ3n) is 6.26. The number of carbonyl (C=O) groups is 2. The predicted molar refractivity (Wildman–Crippen MR) is 126 cm³/mol. The highest BCUT2D eigenvalue weighted by molar-refractivity contribution is 6.09. The van der Waals surface area contributed by atoms with Gasteiger partial charge in [0.1, 0.15) is 0 Å². The van der Waals surface area contributed by atoms with Crippen molar-refractivity contribution < 1.29 is 14.3 Å². The van der Waals surface area contributed by atoms with E-state index in [0.29, 0.717) is 23.4 Å². The van der Waals surface area contributed by atoms with Crippen molar-refractivity contribution in [3.05, 3.63) is 65.2 Å². The molecule has 2 saturated heterocycles. The van der Waals surface area contributed by atoms with Gasteiger partial charge in [-0.1, -0.05) is 37.1 Å². The fourth-order valence-electron chi connectivity index (χ4n) is 4.41. The van der Waals surface area contributed by atoms with E-state index in [0.717, 1.165) is 39.1 Å². The standard InChI is InChI=1S/C26H33N3O3/c30-25(21-13-11-20(12-14-21)19-29-15-5-1-2-6-16-29)28-24-10-4-3-9-23(24)26(31)27-18-22-8-7-17-32-22/h3-4,9-14,22H,1-2,5-8,15-19H2,(H,27,31)(H,28,30). The van der Waals surface area contributed by atoms with E-state index in [1.165, 1.54) is 31.2 Å². The van der Waals surface area contributed by atoms with Crippen molar-refractivity contribution in [1.29, 1.82) is 0 Å². The van der Waals surface area contributed by atoms with Gasteiger partial charge in [0.15, 0.2) is 0 Å². The Labute approximate surface area is 190 Å². The third-order valence-corrected chi connectivity index (χ3v) is 6.26. The van der Waals surface area contributed by atoms with E-state index in [1.807, 2.05) is 30.3 Å². The van der Waals surface area contributed by atoms with Gasteiger partial charge in [-0.15, -0.1) is 0 Å². The van der Waals surface area contributed by atoms with Crippen molar-refractivity contribution in [2.75, 3.05) is 31.6 Å². The van der Waals surface area contributed by atoms with Crippen LogP contribution < -0.4 is 10.6 Å². The number of ether oxygens (including phenoxy) is 1. The van der Waals surface area contributed by atoms with Crippen LogP contribution in [0, 0.1) is 0 Å². The first-order valence-electron chi connectivity index (χ1n) is 11.8. The Hall–Kier alpha value is -2.70. The van der Waals surface area contributed by atoms with Gasteiger partial charge in [0.2, 0.25) is 0 Å². The largest absolute Gasteiger partial charge is 0.376 e. The monoisotopic (exact) mass is 435 g/mol. The van der Waals surface area contributed by atoms with Crippen LogP contribution in [0.1, 0.15) is 64.8 Å². The number of hydrogen-bond donors (Lipinski definition) is 2. The molecule has 0 aliphatic carbocycles. The molecule has 0 aromatic heterocycles. The number of anilines is 1. The van der Waals surface area contributed by atoms with Crippen LogP contribution in [0.3, 0.4) is 0 Å². The van der Waals surface area contributed by atoms with Crippen molar-refractivity contribution in [2.45, 2.75) is 51.2 Å². The van der Waals surface area contributed by atoms with Crippen LogP contribution >= 0.6 is 0 Å². The molecule has 0 spiro atoms. The number of hydrogen-bond acceptors (Lipinski definition) is 4. The van der Waals surface area contributed by atoms with E-state index < -0.39 is 0 Å². The Morgan fingerprint density at radius 2 is 1.66 bits per heavy atom. The molecular formula is C26H33N3O3. The molecule has 6 nitrogen and oxygen atoms in total. The minimum absolute atomic E-state index is 0.0773. The second kappa shape index (κ2) is 11.2. The summed E-state index contributed by atoms with van der Waals surface area (Å²) in [6.07, 6.45) is 7.25. The number of amides is 2. The zero-order valence-electron chi connectivity index (χ0n) is 18.6. The highest BCUT2D eigenvalue weighted by atomic mass is 16.5. The number of nitrogens with one attached hydrogen (secondary N) is 2. The molecule has 1 atom stereocenters. The SMILES string of the molecule is O=C(Nc1ccccc1C(=O)NCC1CCCO1)c1ccc(CN2CCCCCC2)cc1. The summed E-state index contributed by atoms with van der Waals surface area (Å²) in [5.74, 6) is -0.421. The average Bonchev–Trinajstić information content (AvgIpc) is 3.21. The van der Waals surface area contributed by atoms with Crippen molar-refractivity contribution >= 4 is 17.5 Å². The summed E-state index contributed by atoms with van der Waals surface area (Å²) in [5, 5.41) is 5.83. The molecule has 2 amide bonds. The third kappa shape index (κ3) is 6.17. The number of carbonyl (C=O) groups excluding carboxylic acids is 2. The first kappa shape index (κ1) is 22.5. The zero-order valence-corrected chi connectivity index (χ0v) is 18.6. The van der Waals surface area contributed by atoms with Gasteiger partial charge in [0.25, 0.3) is 11.8 Å². The molecular weight excluding hydrogens is 402 g/mol. The topological polar surface area (TPSA) is 70.7 Å². The van der Waals surface area contributed by atoms with E-state index in [9.17, 15) is 9.59 Å². The van der Waals surface area contributed by atoms with Gasteiger partial charge in [-0.2, -0.15) is 0 Å². The summed E-state index contributed by atoms with van der Waals surface area (Å²) in [4.78, 5) is 28.0. The summed E-state index contributed by atoms with van der Waals surface area (Å²) in [5.41, 5.74) is 2.77.